The SMILES string of the molecule is COc1cc(-c2csc(CC#N)n2)c(OC)cc1C. The first kappa shape index (κ1) is 13.4. The molecule has 0 aliphatic carbocycles. The molecule has 0 unspecified atom stereocenters. The second kappa shape index (κ2) is 5.72. The molecule has 0 saturated carbocycles. The first-order valence-electron chi connectivity index (χ1n) is 5.74. The summed E-state index contributed by atoms with van der Waals surface area (Å²) in [5.41, 5.74) is 2.70. The van der Waals surface area contributed by atoms with Crippen LogP contribution < -0.4 is 9.47 Å². The summed E-state index contributed by atoms with van der Waals surface area (Å²) in [5.74, 6) is 1.55. The van der Waals surface area contributed by atoms with Crippen molar-refractivity contribution in [1.29, 1.82) is 5.26 Å². The molecule has 0 spiro atoms. The van der Waals surface area contributed by atoms with Crippen LogP contribution in [0.3, 0.4) is 0 Å². The van der Waals surface area contributed by atoms with E-state index >= 15 is 0 Å². The van der Waals surface area contributed by atoms with E-state index < -0.39 is 0 Å². The predicted molar refractivity (Wildman–Crippen MR) is 74.7 cm³/mol. The number of methoxy groups -OCH3 is 2. The van der Waals surface area contributed by atoms with Gasteiger partial charge in [-0.3, -0.25) is 0 Å². The third kappa shape index (κ3) is 2.69. The molecule has 1 aromatic carbocycles. The molecular weight excluding hydrogens is 260 g/mol. The molecule has 98 valence electrons. The van der Waals surface area contributed by atoms with E-state index in [4.69, 9.17) is 14.7 Å². The van der Waals surface area contributed by atoms with Gasteiger partial charge in [-0.2, -0.15) is 5.26 Å². The Morgan fingerprint density at radius 3 is 2.63 bits per heavy atom. The number of nitriles is 1. The number of nitrogens with zero attached hydrogens (tertiary/aromatic N) is 2. The van der Waals surface area contributed by atoms with E-state index in [0.717, 1.165) is 33.3 Å². The van der Waals surface area contributed by atoms with Gasteiger partial charge in [0.25, 0.3) is 0 Å². The molecule has 0 atom stereocenters. The number of benzene rings is 1. The molecule has 0 bridgehead atoms. The summed E-state index contributed by atoms with van der Waals surface area (Å²) < 4.78 is 10.7. The number of thiazole rings is 1. The molecular formula is C14H14N2O2S. The summed E-state index contributed by atoms with van der Waals surface area (Å²) in [6.07, 6.45) is 0.329. The van der Waals surface area contributed by atoms with Gasteiger partial charge in [0.1, 0.15) is 16.5 Å². The summed E-state index contributed by atoms with van der Waals surface area (Å²) in [5, 5.41) is 11.4. The van der Waals surface area contributed by atoms with Crippen molar-refractivity contribution in [2.75, 3.05) is 14.2 Å². The zero-order chi connectivity index (χ0) is 13.8. The molecule has 4 nitrogen and oxygen atoms in total. The van der Waals surface area contributed by atoms with Crippen molar-refractivity contribution in [1.82, 2.24) is 4.98 Å². The molecule has 0 amide bonds. The third-order valence-corrected chi connectivity index (χ3v) is 3.62. The van der Waals surface area contributed by atoms with Crippen molar-refractivity contribution >= 4 is 11.3 Å². The van der Waals surface area contributed by atoms with Crippen molar-refractivity contribution < 1.29 is 9.47 Å². The molecule has 2 rings (SSSR count). The monoisotopic (exact) mass is 274 g/mol. The van der Waals surface area contributed by atoms with Crippen LogP contribution >= 0.6 is 11.3 Å². The fourth-order valence-corrected chi connectivity index (χ4v) is 2.56. The van der Waals surface area contributed by atoms with Crippen molar-refractivity contribution in [2.24, 2.45) is 0 Å². The van der Waals surface area contributed by atoms with Gasteiger partial charge >= 0.3 is 0 Å². The van der Waals surface area contributed by atoms with Gasteiger partial charge in [-0.25, -0.2) is 4.98 Å². The number of hydrogen-bond donors (Lipinski definition) is 0. The lowest BCUT2D eigenvalue weighted by Crippen LogP contribution is -1.93. The lowest BCUT2D eigenvalue weighted by molar-refractivity contribution is 0.401. The normalized spacial score (nSPS) is 10.0. The fraction of sp³-hybridized carbons (Fsp3) is 0.286. The van der Waals surface area contributed by atoms with E-state index in [-0.39, 0.29) is 0 Å². The summed E-state index contributed by atoms with van der Waals surface area (Å²) >= 11 is 1.48. The highest BCUT2D eigenvalue weighted by Crippen LogP contribution is 2.36. The number of ether oxygens (including phenoxy) is 2. The molecule has 0 fully saturated rings. The van der Waals surface area contributed by atoms with E-state index in [0.29, 0.717) is 6.42 Å². The van der Waals surface area contributed by atoms with Crippen molar-refractivity contribution in [3.8, 4) is 28.8 Å². The van der Waals surface area contributed by atoms with E-state index in [1.165, 1.54) is 11.3 Å². The molecule has 1 heterocycles. The molecule has 2 aromatic rings. The highest BCUT2D eigenvalue weighted by molar-refractivity contribution is 7.10. The number of aryl methyl sites for hydroxylation is 1. The largest absolute Gasteiger partial charge is 0.496 e. The van der Waals surface area contributed by atoms with Gasteiger partial charge in [-0.05, 0) is 24.6 Å². The van der Waals surface area contributed by atoms with Crippen LogP contribution in [0, 0.1) is 18.3 Å². The highest BCUT2D eigenvalue weighted by Gasteiger charge is 2.13. The lowest BCUT2D eigenvalue weighted by Gasteiger charge is -2.11. The van der Waals surface area contributed by atoms with Gasteiger partial charge in [0.2, 0.25) is 0 Å². The zero-order valence-electron chi connectivity index (χ0n) is 11.1. The Labute approximate surface area is 116 Å². The third-order valence-electron chi connectivity index (χ3n) is 2.77. The Kier molecular flexibility index (Phi) is 4.03. The van der Waals surface area contributed by atoms with Gasteiger partial charge in [0.15, 0.2) is 0 Å². The minimum atomic E-state index is 0.329. The summed E-state index contributed by atoms with van der Waals surface area (Å²) in [6, 6.07) is 5.95. The predicted octanol–water partition coefficient (Wildman–Crippen LogP) is 3.20. The minimum Gasteiger partial charge on any atom is -0.496 e. The molecule has 0 saturated heterocycles. The van der Waals surface area contributed by atoms with Crippen LogP contribution in [0.2, 0.25) is 0 Å². The van der Waals surface area contributed by atoms with Crippen molar-refractivity contribution in [2.45, 2.75) is 13.3 Å². The van der Waals surface area contributed by atoms with Crippen molar-refractivity contribution in [3.05, 3.63) is 28.1 Å². The maximum Gasteiger partial charge on any atom is 0.128 e. The van der Waals surface area contributed by atoms with E-state index in [1.54, 1.807) is 14.2 Å². The van der Waals surface area contributed by atoms with Crippen LogP contribution in [0.4, 0.5) is 0 Å². The quantitative estimate of drug-likeness (QED) is 0.859. The number of aromatic nitrogens is 1. The summed E-state index contributed by atoms with van der Waals surface area (Å²) in [4.78, 5) is 4.44. The van der Waals surface area contributed by atoms with Crippen LogP contribution in [0.25, 0.3) is 11.3 Å². The van der Waals surface area contributed by atoms with Crippen molar-refractivity contribution in [3.63, 3.8) is 0 Å². The lowest BCUT2D eigenvalue weighted by atomic mass is 10.1. The Bertz CT molecular complexity index is 629. The second-order valence-corrected chi connectivity index (χ2v) is 4.93. The molecule has 0 radical (unpaired) electrons. The Morgan fingerprint density at radius 2 is 2.00 bits per heavy atom. The molecule has 5 heteroatoms. The fourth-order valence-electron chi connectivity index (χ4n) is 1.83. The van der Waals surface area contributed by atoms with Gasteiger partial charge in [0.05, 0.1) is 32.4 Å². The number of rotatable bonds is 4. The topological polar surface area (TPSA) is 55.1 Å². The number of hydrogen-bond acceptors (Lipinski definition) is 5. The smallest absolute Gasteiger partial charge is 0.128 e. The average Bonchev–Trinajstić information content (AvgIpc) is 2.87. The van der Waals surface area contributed by atoms with E-state index in [2.05, 4.69) is 11.1 Å². The zero-order valence-corrected chi connectivity index (χ0v) is 11.9. The maximum absolute atomic E-state index is 8.69. The Balaban J connectivity index is 2.50. The van der Waals surface area contributed by atoms with E-state index in [9.17, 15) is 0 Å². The molecule has 0 aliphatic rings. The van der Waals surface area contributed by atoms with Crippen LogP contribution in [0.5, 0.6) is 11.5 Å². The van der Waals surface area contributed by atoms with E-state index in [1.807, 2.05) is 24.4 Å². The first-order chi connectivity index (χ1) is 9.19. The van der Waals surface area contributed by atoms with Gasteiger partial charge in [-0.1, -0.05) is 0 Å². The molecule has 0 aliphatic heterocycles. The molecule has 0 N–H and O–H groups in total. The minimum absolute atomic E-state index is 0.329. The molecule has 19 heavy (non-hydrogen) atoms. The Morgan fingerprint density at radius 1 is 1.26 bits per heavy atom. The second-order valence-electron chi connectivity index (χ2n) is 3.98. The van der Waals surface area contributed by atoms with Crippen LogP contribution in [0.1, 0.15) is 10.6 Å². The highest BCUT2D eigenvalue weighted by atomic mass is 32.1. The van der Waals surface area contributed by atoms with Crippen LogP contribution in [-0.2, 0) is 6.42 Å². The van der Waals surface area contributed by atoms with Gasteiger partial charge < -0.3 is 9.47 Å². The molecule has 1 aromatic heterocycles. The standard InChI is InChI=1S/C14H14N2O2S/c1-9-6-13(18-3)10(7-12(9)17-2)11-8-19-14(16-11)4-5-15/h6-8H,4H2,1-3H3. The van der Waals surface area contributed by atoms with Crippen LogP contribution in [0.15, 0.2) is 17.5 Å². The maximum atomic E-state index is 8.69. The summed E-state index contributed by atoms with van der Waals surface area (Å²) in [7, 11) is 3.27. The average molecular weight is 274 g/mol. The summed E-state index contributed by atoms with van der Waals surface area (Å²) in [6.45, 7) is 1.97. The Hall–Kier alpha value is -2.06. The van der Waals surface area contributed by atoms with Gasteiger partial charge in [-0.15, -0.1) is 11.3 Å². The first-order valence-corrected chi connectivity index (χ1v) is 6.62. The van der Waals surface area contributed by atoms with Gasteiger partial charge in [0, 0.05) is 10.9 Å². The van der Waals surface area contributed by atoms with Crippen LogP contribution in [-0.4, -0.2) is 19.2 Å².